The number of hydrogen-bond acceptors (Lipinski definition) is 5. The average Bonchev–Trinajstić information content (AvgIpc) is 3.55. The summed E-state index contributed by atoms with van der Waals surface area (Å²) in [5, 5.41) is 12.1. The Labute approximate surface area is 202 Å². The highest BCUT2D eigenvalue weighted by molar-refractivity contribution is 9.10. The second kappa shape index (κ2) is 7.78. The number of aromatic nitrogens is 1. The molecular formula is C26H17BrN2O5. The van der Waals surface area contributed by atoms with Crippen molar-refractivity contribution >= 4 is 50.0 Å². The van der Waals surface area contributed by atoms with E-state index in [0.29, 0.717) is 28.3 Å². The van der Waals surface area contributed by atoms with Crippen molar-refractivity contribution in [1.82, 2.24) is 4.98 Å². The topological polar surface area (TPSA) is 91.9 Å². The molecule has 168 valence electrons. The summed E-state index contributed by atoms with van der Waals surface area (Å²) in [6, 6.07) is 18.8. The van der Waals surface area contributed by atoms with Crippen molar-refractivity contribution < 1.29 is 24.2 Å². The molecule has 2 N–H and O–H groups in total. The van der Waals surface area contributed by atoms with Crippen molar-refractivity contribution in [2.24, 2.45) is 0 Å². The molecule has 0 bridgehead atoms. The third kappa shape index (κ3) is 3.10. The van der Waals surface area contributed by atoms with Crippen molar-refractivity contribution in [3.8, 4) is 11.5 Å². The Hall–Kier alpha value is -4.04. The van der Waals surface area contributed by atoms with Gasteiger partial charge >= 0.3 is 0 Å². The van der Waals surface area contributed by atoms with Crippen LogP contribution in [0.1, 0.15) is 17.2 Å². The van der Waals surface area contributed by atoms with Crippen molar-refractivity contribution in [1.29, 1.82) is 0 Å². The number of anilines is 1. The summed E-state index contributed by atoms with van der Waals surface area (Å²) in [6.07, 6.45) is 1.77. The zero-order chi connectivity index (χ0) is 23.4. The van der Waals surface area contributed by atoms with E-state index in [1.54, 1.807) is 48.7 Å². The van der Waals surface area contributed by atoms with Gasteiger partial charge in [0.2, 0.25) is 6.79 Å². The summed E-state index contributed by atoms with van der Waals surface area (Å²) in [5.74, 6) is -0.658. The first-order chi connectivity index (χ1) is 16.5. The smallest absolute Gasteiger partial charge is 0.300 e. The Morgan fingerprint density at radius 1 is 1.00 bits per heavy atom. The van der Waals surface area contributed by atoms with Gasteiger partial charge in [0.15, 0.2) is 11.5 Å². The number of benzene rings is 3. The van der Waals surface area contributed by atoms with Gasteiger partial charge < -0.3 is 19.6 Å². The number of fused-ring (bicyclic) bond motifs is 2. The summed E-state index contributed by atoms with van der Waals surface area (Å²) in [7, 11) is 0. The molecule has 2 aliphatic rings. The van der Waals surface area contributed by atoms with Crippen LogP contribution in [-0.4, -0.2) is 28.6 Å². The van der Waals surface area contributed by atoms with Crippen LogP contribution >= 0.6 is 15.9 Å². The summed E-state index contributed by atoms with van der Waals surface area (Å²) in [5.41, 5.74) is 2.49. The number of Topliss-reactive ketones (excluding diaryl/α,β-unsaturated/α-hetero) is 1. The largest absolute Gasteiger partial charge is 0.507 e. The van der Waals surface area contributed by atoms with Crippen molar-refractivity contribution in [2.75, 3.05) is 11.7 Å². The number of ketones is 1. The standard InChI is InChI=1S/C26H17BrN2O5/c27-15-7-5-14(6-8-15)24(30)22-23(18-12-28-19-4-2-1-3-17(18)19)29(26(32)25(22)31)16-9-10-20-21(11-16)34-13-33-20/h1-12,23,28,30H,13H2/b24-22+. The second-order valence-electron chi connectivity index (χ2n) is 8.00. The number of aliphatic hydroxyl groups excluding tert-OH is 1. The number of ether oxygens (including phenoxy) is 2. The average molecular weight is 517 g/mol. The molecule has 0 radical (unpaired) electrons. The monoisotopic (exact) mass is 516 g/mol. The molecule has 0 saturated carbocycles. The highest BCUT2D eigenvalue weighted by Gasteiger charge is 2.48. The molecule has 1 aromatic heterocycles. The molecule has 1 saturated heterocycles. The van der Waals surface area contributed by atoms with E-state index in [1.807, 2.05) is 24.3 Å². The minimum absolute atomic E-state index is 0.0229. The van der Waals surface area contributed by atoms with Crippen LogP contribution in [0.25, 0.3) is 16.7 Å². The quantitative estimate of drug-likeness (QED) is 0.219. The molecular weight excluding hydrogens is 500 g/mol. The van der Waals surface area contributed by atoms with E-state index < -0.39 is 17.7 Å². The SMILES string of the molecule is O=C1C(=O)N(c2ccc3c(c2)OCO3)C(c2c[nH]c3ccccc23)/C1=C(\O)c1ccc(Br)cc1. The van der Waals surface area contributed by atoms with Gasteiger partial charge in [0, 0.05) is 44.5 Å². The van der Waals surface area contributed by atoms with Gasteiger partial charge in [-0.05, 0) is 30.3 Å². The molecule has 6 rings (SSSR count). The fraction of sp³-hybridized carbons (Fsp3) is 0.0769. The van der Waals surface area contributed by atoms with Crippen LogP contribution in [0.15, 0.2) is 83.0 Å². The molecule has 3 heterocycles. The molecule has 1 fully saturated rings. The first-order valence-corrected chi connectivity index (χ1v) is 11.3. The molecule has 34 heavy (non-hydrogen) atoms. The number of carbonyl (C=O) groups excluding carboxylic acids is 2. The Balaban J connectivity index is 1.59. The number of carbonyl (C=O) groups is 2. The Kier molecular flexibility index (Phi) is 4.70. The zero-order valence-electron chi connectivity index (χ0n) is 17.6. The fourth-order valence-electron chi connectivity index (χ4n) is 4.51. The van der Waals surface area contributed by atoms with E-state index in [9.17, 15) is 14.7 Å². The fourth-order valence-corrected chi connectivity index (χ4v) is 4.78. The number of amides is 1. The van der Waals surface area contributed by atoms with Gasteiger partial charge in [-0.25, -0.2) is 0 Å². The molecule has 1 amide bonds. The van der Waals surface area contributed by atoms with E-state index in [4.69, 9.17) is 9.47 Å². The van der Waals surface area contributed by atoms with Crippen LogP contribution in [0.4, 0.5) is 5.69 Å². The summed E-state index contributed by atoms with van der Waals surface area (Å²) >= 11 is 3.38. The molecule has 1 atom stereocenters. The number of para-hydroxylation sites is 1. The van der Waals surface area contributed by atoms with Crippen molar-refractivity contribution in [3.05, 3.63) is 94.1 Å². The Morgan fingerprint density at radius 2 is 1.76 bits per heavy atom. The minimum atomic E-state index is -0.847. The molecule has 3 aromatic carbocycles. The number of aromatic amines is 1. The lowest BCUT2D eigenvalue weighted by Gasteiger charge is -2.25. The van der Waals surface area contributed by atoms with Crippen LogP contribution in [-0.2, 0) is 9.59 Å². The highest BCUT2D eigenvalue weighted by Crippen LogP contribution is 2.46. The number of hydrogen-bond donors (Lipinski definition) is 2. The molecule has 8 heteroatoms. The number of nitrogens with one attached hydrogen (secondary N) is 1. The van der Waals surface area contributed by atoms with Gasteiger partial charge in [0.1, 0.15) is 5.76 Å². The van der Waals surface area contributed by atoms with E-state index in [2.05, 4.69) is 20.9 Å². The first kappa shape index (κ1) is 20.6. The van der Waals surface area contributed by atoms with Crippen LogP contribution in [0.5, 0.6) is 11.5 Å². The van der Waals surface area contributed by atoms with E-state index in [0.717, 1.165) is 15.4 Å². The van der Waals surface area contributed by atoms with Gasteiger partial charge in [-0.1, -0.05) is 46.3 Å². The first-order valence-electron chi connectivity index (χ1n) is 10.6. The third-order valence-electron chi connectivity index (χ3n) is 6.11. The van der Waals surface area contributed by atoms with Gasteiger partial charge in [0.05, 0.1) is 11.6 Å². The molecule has 4 aromatic rings. The Morgan fingerprint density at radius 3 is 2.59 bits per heavy atom. The number of nitrogens with zero attached hydrogens (tertiary/aromatic N) is 1. The molecule has 0 aliphatic carbocycles. The summed E-state index contributed by atoms with van der Waals surface area (Å²) in [4.78, 5) is 31.4. The lowest BCUT2D eigenvalue weighted by atomic mass is 9.94. The maximum absolute atomic E-state index is 13.4. The predicted molar refractivity (Wildman–Crippen MR) is 130 cm³/mol. The van der Waals surface area contributed by atoms with Crippen LogP contribution < -0.4 is 14.4 Å². The van der Waals surface area contributed by atoms with E-state index >= 15 is 0 Å². The molecule has 2 aliphatic heterocycles. The Bertz CT molecular complexity index is 1510. The number of aliphatic hydroxyl groups is 1. The molecule has 1 unspecified atom stereocenters. The van der Waals surface area contributed by atoms with E-state index in [-0.39, 0.29) is 18.1 Å². The predicted octanol–water partition coefficient (Wildman–Crippen LogP) is 5.29. The maximum Gasteiger partial charge on any atom is 0.300 e. The molecule has 7 nitrogen and oxygen atoms in total. The van der Waals surface area contributed by atoms with Gasteiger partial charge in [0.25, 0.3) is 11.7 Å². The van der Waals surface area contributed by atoms with Gasteiger partial charge in [-0.15, -0.1) is 0 Å². The zero-order valence-corrected chi connectivity index (χ0v) is 19.2. The second-order valence-corrected chi connectivity index (χ2v) is 8.92. The third-order valence-corrected chi connectivity index (χ3v) is 6.64. The van der Waals surface area contributed by atoms with Crippen molar-refractivity contribution in [2.45, 2.75) is 6.04 Å². The summed E-state index contributed by atoms with van der Waals surface area (Å²) in [6.45, 7) is 0.0903. The normalized spacial score (nSPS) is 18.7. The van der Waals surface area contributed by atoms with E-state index in [1.165, 1.54) is 4.90 Å². The van der Waals surface area contributed by atoms with Crippen molar-refractivity contribution in [3.63, 3.8) is 0 Å². The van der Waals surface area contributed by atoms with Crippen LogP contribution in [0.3, 0.4) is 0 Å². The lowest BCUT2D eigenvalue weighted by molar-refractivity contribution is -0.132. The lowest BCUT2D eigenvalue weighted by Crippen LogP contribution is -2.29. The number of halogens is 1. The highest BCUT2D eigenvalue weighted by atomic mass is 79.9. The minimum Gasteiger partial charge on any atom is -0.507 e. The number of rotatable bonds is 3. The van der Waals surface area contributed by atoms with Crippen LogP contribution in [0, 0.1) is 0 Å². The van der Waals surface area contributed by atoms with Gasteiger partial charge in [-0.3, -0.25) is 14.5 Å². The maximum atomic E-state index is 13.4. The van der Waals surface area contributed by atoms with Crippen LogP contribution in [0.2, 0.25) is 0 Å². The summed E-state index contributed by atoms with van der Waals surface area (Å²) < 4.78 is 11.7. The molecule has 0 spiro atoms. The van der Waals surface area contributed by atoms with Gasteiger partial charge in [-0.2, -0.15) is 0 Å². The number of H-pyrrole nitrogens is 1.